The predicted octanol–water partition coefficient (Wildman–Crippen LogP) is 1.91. The summed E-state index contributed by atoms with van der Waals surface area (Å²) in [6.07, 6.45) is 0.431. The zero-order valence-electron chi connectivity index (χ0n) is 14.0. The molecule has 1 aliphatic heterocycles. The van der Waals surface area contributed by atoms with Crippen LogP contribution in [0.3, 0.4) is 0 Å². The Morgan fingerprint density at radius 3 is 2.36 bits per heavy atom. The Hall–Kier alpha value is -3.02. The minimum Gasteiger partial charge on any atom is -0.494 e. The molecule has 2 N–H and O–H groups in total. The number of para-hydroxylation sites is 1. The van der Waals surface area contributed by atoms with Gasteiger partial charge in [0.15, 0.2) is 6.61 Å². The molecule has 1 atom stereocenters. The molecular formula is C19H20N2O4. The molecule has 6 nitrogen and oxygen atoms in total. The van der Waals surface area contributed by atoms with E-state index >= 15 is 0 Å². The number of anilines is 1. The van der Waals surface area contributed by atoms with Crippen LogP contribution in [0, 0.1) is 0 Å². The quantitative estimate of drug-likeness (QED) is 0.871. The van der Waals surface area contributed by atoms with Crippen molar-refractivity contribution in [2.75, 3.05) is 18.1 Å². The molecule has 25 heavy (non-hydrogen) atoms. The van der Waals surface area contributed by atoms with Gasteiger partial charge in [0.1, 0.15) is 17.5 Å². The summed E-state index contributed by atoms with van der Waals surface area (Å²) in [7, 11) is 0. The van der Waals surface area contributed by atoms with Gasteiger partial charge in [0, 0.05) is 12.1 Å². The van der Waals surface area contributed by atoms with Crippen LogP contribution in [0.15, 0.2) is 48.5 Å². The van der Waals surface area contributed by atoms with Gasteiger partial charge in [-0.25, -0.2) is 0 Å². The lowest BCUT2D eigenvalue weighted by Crippen LogP contribution is -2.47. The van der Waals surface area contributed by atoms with Crippen molar-refractivity contribution in [3.8, 4) is 11.5 Å². The van der Waals surface area contributed by atoms with Crippen LogP contribution in [0.4, 0.5) is 5.69 Å². The first kappa shape index (κ1) is 16.8. The molecule has 0 aromatic heterocycles. The van der Waals surface area contributed by atoms with E-state index in [1.807, 2.05) is 31.2 Å². The van der Waals surface area contributed by atoms with E-state index in [4.69, 9.17) is 15.2 Å². The van der Waals surface area contributed by atoms with E-state index in [0.29, 0.717) is 24.5 Å². The lowest BCUT2D eigenvalue weighted by atomic mass is 10.1. The second-order valence-electron chi connectivity index (χ2n) is 5.71. The zero-order chi connectivity index (χ0) is 17.8. The first-order chi connectivity index (χ1) is 12.1. The van der Waals surface area contributed by atoms with Gasteiger partial charge in [-0.1, -0.05) is 18.2 Å². The standard InChI is InChI=1S/C19H20N2O4/c1-2-24-14-7-9-15(10-8-14)25-12-18(22)21-16-6-4-3-5-13(16)11-17(21)19(20)23/h3-10,17H,2,11-12H2,1H3,(H2,20,23). The van der Waals surface area contributed by atoms with E-state index < -0.39 is 11.9 Å². The van der Waals surface area contributed by atoms with E-state index in [0.717, 1.165) is 11.3 Å². The van der Waals surface area contributed by atoms with Crippen molar-refractivity contribution >= 4 is 17.5 Å². The SMILES string of the molecule is CCOc1ccc(OCC(=O)N2c3ccccc3CC2C(N)=O)cc1. The van der Waals surface area contributed by atoms with Crippen LogP contribution in [-0.4, -0.2) is 31.1 Å². The number of amides is 2. The highest BCUT2D eigenvalue weighted by molar-refractivity contribution is 6.03. The third-order valence-corrected chi connectivity index (χ3v) is 4.07. The molecule has 1 aliphatic rings. The van der Waals surface area contributed by atoms with Gasteiger partial charge in [-0.2, -0.15) is 0 Å². The average Bonchev–Trinajstić information content (AvgIpc) is 3.01. The molecule has 0 radical (unpaired) electrons. The van der Waals surface area contributed by atoms with E-state index in [1.165, 1.54) is 4.90 Å². The second-order valence-corrected chi connectivity index (χ2v) is 5.71. The molecule has 0 fully saturated rings. The molecule has 0 saturated carbocycles. The number of primary amides is 1. The Morgan fingerprint density at radius 1 is 1.08 bits per heavy atom. The number of benzene rings is 2. The minimum atomic E-state index is -0.672. The normalized spacial score (nSPS) is 15.6. The first-order valence-electron chi connectivity index (χ1n) is 8.15. The van der Waals surface area contributed by atoms with E-state index in [1.54, 1.807) is 24.3 Å². The minimum absolute atomic E-state index is 0.175. The van der Waals surface area contributed by atoms with Gasteiger partial charge in [-0.3, -0.25) is 14.5 Å². The maximum absolute atomic E-state index is 12.6. The zero-order valence-corrected chi connectivity index (χ0v) is 14.0. The van der Waals surface area contributed by atoms with E-state index in [9.17, 15) is 9.59 Å². The van der Waals surface area contributed by atoms with Crippen LogP contribution in [0.2, 0.25) is 0 Å². The summed E-state index contributed by atoms with van der Waals surface area (Å²) in [5, 5.41) is 0. The number of nitrogens with zero attached hydrogens (tertiary/aromatic N) is 1. The fraction of sp³-hybridized carbons (Fsp3) is 0.263. The molecule has 1 heterocycles. The van der Waals surface area contributed by atoms with Crippen molar-refractivity contribution in [2.45, 2.75) is 19.4 Å². The number of fused-ring (bicyclic) bond motifs is 1. The van der Waals surface area contributed by atoms with Gasteiger partial charge >= 0.3 is 0 Å². The summed E-state index contributed by atoms with van der Waals surface area (Å²) >= 11 is 0. The first-order valence-corrected chi connectivity index (χ1v) is 8.15. The molecular weight excluding hydrogens is 320 g/mol. The fourth-order valence-corrected chi connectivity index (χ4v) is 2.94. The molecule has 2 aromatic carbocycles. The number of carbonyl (C=O) groups is 2. The molecule has 2 aromatic rings. The van der Waals surface area contributed by atoms with Crippen molar-refractivity contribution < 1.29 is 19.1 Å². The highest BCUT2D eigenvalue weighted by Crippen LogP contribution is 2.32. The van der Waals surface area contributed by atoms with E-state index in [2.05, 4.69) is 0 Å². The Bertz CT molecular complexity index is 773. The van der Waals surface area contributed by atoms with Gasteiger partial charge in [0.05, 0.1) is 6.61 Å². The summed E-state index contributed by atoms with van der Waals surface area (Å²) in [5.74, 6) is 0.469. The summed E-state index contributed by atoms with van der Waals surface area (Å²) in [6, 6.07) is 13.8. The fourth-order valence-electron chi connectivity index (χ4n) is 2.94. The van der Waals surface area contributed by atoms with Crippen LogP contribution in [-0.2, 0) is 16.0 Å². The summed E-state index contributed by atoms with van der Waals surface area (Å²) in [5.41, 5.74) is 7.12. The van der Waals surface area contributed by atoms with Crippen molar-refractivity contribution in [3.05, 3.63) is 54.1 Å². The maximum Gasteiger partial charge on any atom is 0.265 e. The lowest BCUT2D eigenvalue weighted by molar-refractivity contribution is -0.125. The molecule has 0 bridgehead atoms. The second kappa shape index (κ2) is 7.25. The predicted molar refractivity (Wildman–Crippen MR) is 93.7 cm³/mol. The molecule has 6 heteroatoms. The Balaban J connectivity index is 1.70. The van der Waals surface area contributed by atoms with Crippen LogP contribution >= 0.6 is 0 Å². The van der Waals surface area contributed by atoms with E-state index in [-0.39, 0.29) is 12.5 Å². The Labute approximate surface area is 146 Å². The van der Waals surface area contributed by atoms with Gasteiger partial charge in [-0.15, -0.1) is 0 Å². The number of carbonyl (C=O) groups excluding carboxylic acids is 2. The maximum atomic E-state index is 12.6. The number of hydrogen-bond donors (Lipinski definition) is 1. The molecule has 0 saturated heterocycles. The van der Waals surface area contributed by atoms with Crippen molar-refractivity contribution in [2.24, 2.45) is 5.73 Å². The summed E-state index contributed by atoms with van der Waals surface area (Å²) < 4.78 is 10.9. The molecule has 130 valence electrons. The van der Waals surface area contributed by atoms with Crippen LogP contribution in [0.1, 0.15) is 12.5 Å². The number of nitrogens with two attached hydrogens (primary N) is 1. The van der Waals surface area contributed by atoms with Gasteiger partial charge in [0.2, 0.25) is 5.91 Å². The Kier molecular flexibility index (Phi) is 4.88. The van der Waals surface area contributed by atoms with Crippen LogP contribution in [0.5, 0.6) is 11.5 Å². The third kappa shape index (κ3) is 3.57. The largest absolute Gasteiger partial charge is 0.494 e. The summed E-state index contributed by atoms with van der Waals surface area (Å²) in [6.45, 7) is 2.32. The highest BCUT2D eigenvalue weighted by atomic mass is 16.5. The Morgan fingerprint density at radius 2 is 1.72 bits per heavy atom. The highest BCUT2D eigenvalue weighted by Gasteiger charge is 2.37. The monoisotopic (exact) mass is 340 g/mol. The molecule has 0 aliphatic carbocycles. The van der Waals surface area contributed by atoms with Crippen molar-refractivity contribution in [1.29, 1.82) is 0 Å². The third-order valence-electron chi connectivity index (χ3n) is 4.07. The molecule has 0 spiro atoms. The number of ether oxygens (including phenoxy) is 2. The smallest absolute Gasteiger partial charge is 0.265 e. The average molecular weight is 340 g/mol. The van der Waals surface area contributed by atoms with Crippen molar-refractivity contribution in [3.63, 3.8) is 0 Å². The molecule has 3 rings (SSSR count). The van der Waals surface area contributed by atoms with Crippen LogP contribution < -0.4 is 20.1 Å². The molecule has 2 amide bonds. The van der Waals surface area contributed by atoms with Crippen molar-refractivity contribution in [1.82, 2.24) is 0 Å². The topological polar surface area (TPSA) is 81.9 Å². The van der Waals surface area contributed by atoms with Gasteiger partial charge < -0.3 is 15.2 Å². The number of rotatable bonds is 6. The van der Waals surface area contributed by atoms with Gasteiger partial charge in [0.25, 0.3) is 5.91 Å². The summed E-state index contributed by atoms with van der Waals surface area (Å²) in [4.78, 5) is 25.8. The number of hydrogen-bond acceptors (Lipinski definition) is 4. The lowest BCUT2D eigenvalue weighted by Gasteiger charge is -2.23. The van der Waals surface area contributed by atoms with Gasteiger partial charge in [-0.05, 0) is 42.8 Å². The molecule has 1 unspecified atom stereocenters. The van der Waals surface area contributed by atoms with Crippen LogP contribution in [0.25, 0.3) is 0 Å².